The van der Waals surface area contributed by atoms with Crippen molar-refractivity contribution in [1.29, 1.82) is 0 Å². The Kier molecular flexibility index (Phi) is 9.80. The van der Waals surface area contributed by atoms with Crippen LogP contribution in [-0.2, 0) is 5.41 Å². The normalized spacial score (nSPS) is 13.9. The van der Waals surface area contributed by atoms with Crippen molar-refractivity contribution >= 4 is 56.1 Å². The maximum absolute atomic E-state index is 7.15. The fourth-order valence-electron chi connectivity index (χ4n) is 10.4. The van der Waals surface area contributed by atoms with Crippen LogP contribution in [0.3, 0.4) is 0 Å². The van der Waals surface area contributed by atoms with Crippen LogP contribution in [0.25, 0.3) is 33.1 Å². The van der Waals surface area contributed by atoms with Gasteiger partial charge in [0.1, 0.15) is 17.1 Å². The number of fused-ring (bicyclic) bond motifs is 7. The molecule has 1 heterocycles. The Morgan fingerprint density at radius 2 is 0.955 bits per heavy atom. The number of hydrogen-bond acceptors (Lipinski definition) is 4. The molecule has 4 nitrogen and oxygen atoms in total. The molecule has 1 atom stereocenters. The average Bonchev–Trinajstić information content (AvgIpc) is 3.91. The zero-order valence-electron chi connectivity index (χ0n) is 37.3. The van der Waals surface area contributed by atoms with E-state index in [1.54, 1.807) is 0 Å². The largest absolute Gasteiger partial charge is 0.457 e. The van der Waals surface area contributed by atoms with Crippen molar-refractivity contribution < 1.29 is 9.15 Å². The third-order valence-electron chi connectivity index (χ3n) is 13.3. The highest BCUT2D eigenvalue weighted by Gasteiger charge is 2.49. The summed E-state index contributed by atoms with van der Waals surface area (Å²) in [5.74, 6) is 1.57. The molecular formula is C63H46N2O2. The summed E-state index contributed by atoms with van der Waals surface area (Å²) in [5.41, 5.74) is 16.6. The number of nitrogens with zero attached hydrogens (tertiary/aromatic N) is 2. The number of ether oxygens (including phenoxy) is 1. The van der Waals surface area contributed by atoms with Gasteiger partial charge in [-0.25, -0.2) is 0 Å². The number of benzene rings is 10. The van der Waals surface area contributed by atoms with Gasteiger partial charge in [-0.2, -0.15) is 0 Å². The quantitative estimate of drug-likeness (QED) is 0.137. The molecule has 0 saturated carbocycles. The topological polar surface area (TPSA) is 28.9 Å². The van der Waals surface area contributed by atoms with Gasteiger partial charge in [0.15, 0.2) is 5.58 Å². The molecule has 1 aliphatic rings. The van der Waals surface area contributed by atoms with Gasteiger partial charge in [0.25, 0.3) is 0 Å². The summed E-state index contributed by atoms with van der Waals surface area (Å²) in [6.07, 6.45) is 0. The Hall–Kier alpha value is -8.60. The second kappa shape index (κ2) is 16.4. The second-order valence-electron chi connectivity index (χ2n) is 17.4. The molecule has 320 valence electrons. The Balaban J connectivity index is 1.24. The Morgan fingerprint density at radius 1 is 0.418 bits per heavy atom. The van der Waals surface area contributed by atoms with Crippen molar-refractivity contribution in [3.63, 3.8) is 0 Å². The standard InChI is InChI=1S/C63H46N2O2/c1-43-32-33-44(2)55(40-43)63(45-34-37-52(38-35-45)66-51-28-16-7-17-29-51)56-41-50(64(46-20-8-3-9-21-46)47-22-10-4-11-23-47)36-39-53(56)60-57(63)42-58(62-61(60)54-30-18-19-31-59(54)67-62)65(48-24-12-5-13-25-48)49-26-14-6-15-27-49/h3-42H,1-2H3. The van der Waals surface area contributed by atoms with Crippen LogP contribution in [0.5, 0.6) is 11.5 Å². The van der Waals surface area contributed by atoms with Crippen LogP contribution in [0.4, 0.5) is 34.1 Å². The molecule has 0 saturated heterocycles. The lowest BCUT2D eigenvalue weighted by atomic mass is 9.66. The van der Waals surface area contributed by atoms with Crippen LogP contribution in [0.15, 0.2) is 247 Å². The van der Waals surface area contributed by atoms with Gasteiger partial charge in [-0.05, 0) is 150 Å². The molecule has 1 unspecified atom stereocenters. The van der Waals surface area contributed by atoms with E-state index in [0.717, 1.165) is 73.1 Å². The smallest absolute Gasteiger partial charge is 0.160 e. The van der Waals surface area contributed by atoms with E-state index in [2.05, 4.69) is 236 Å². The molecule has 0 spiro atoms. The molecule has 0 radical (unpaired) electrons. The Morgan fingerprint density at radius 3 is 1.57 bits per heavy atom. The van der Waals surface area contributed by atoms with Crippen LogP contribution in [0.1, 0.15) is 33.4 Å². The van der Waals surface area contributed by atoms with Crippen molar-refractivity contribution in [2.24, 2.45) is 0 Å². The van der Waals surface area contributed by atoms with Crippen molar-refractivity contribution in [2.45, 2.75) is 19.3 Å². The van der Waals surface area contributed by atoms with E-state index in [9.17, 15) is 0 Å². The Labute approximate surface area is 391 Å². The van der Waals surface area contributed by atoms with Crippen LogP contribution in [0, 0.1) is 13.8 Å². The van der Waals surface area contributed by atoms with E-state index >= 15 is 0 Å². The minimum Gasteiger partial charge on any atom is -0.457 e. The molecule has 0 bridgehead atoms. The summed E-state index contributed by atoms with van der Waals surface area (Å²) < 4.78 is 13.6. The van der Waals surface area contributed by atoms with Crippen LogP contribution < -0.4 is 14.5 Å². The van der Waals surface area contributed by atoms with E-state index in [1.165, 1.54) is 38.9 Å². The average molecular weight is 863 g/mol. The summed E-state index contributed by atoms with van der Waals surface area (Å²) >= 11 is 0. The van der Waals surface area contributed by atoms with Gasteiger partial charge in [0, 0.05) is 39.2 Å². The predicted molar refractivity (Wildman–Crippen MR) is 276 cm³/mol. The third kappa shape index (κ3) is 6.68. The van der Waals surface area contributed by atoms with E-state index in [-0.39, 0.29) is 0 Å². The molecule has 0 fully saturated rings. The number of rotatable bonds is 10. The first-order valence-corrected chi connectivity index (χ1v) is 22.9. The van der Waals surface area contributed by atoms with E-state index in [4.69, 9.17) is 9.15 Å². The lowest BCUT2D eigenvalue weighted by Crippen LogP contribution is -2.30. The molecule has 0 amide bonds. The van der Waals surface area contributed by atoms with E-state index in [1.807, 2.05) is 30.3 Å². The molecule has 1 aliphatic carbocycles. The number of hydrogen-bond donors (Lipinski definition) is 0. The molecule has 12 rings (SSSR count). The number of aryl methyl sites for hydroxylation is 2. The van der Waals surface area contributed by atoms with Gasteiger partial charge in [0.2, 0.25) is 0 Å². The minimum absolute atomic E-state index is 0.772. The minimum atomic E-state index is -0.818. The van der Waals surface area contributed by atoms with E-state index in [0.29, 0.717) is 0 Å². The predicted octanol–water partition coefficient (Wildman–Crippen LogP) is 17.3. The number of furan rings is 1. The lowest BCUT2D eigenvalue weighted by molar-refractivity contribution is 0.482. The summed E-state index contributed by atoms with van der Waals surface area (Å²) in [6.45, 7) is 4.47. The fraction of sp³-hybridized carbons (Fsp3) is 0.0476. The summed E-state index contributed by atoms with van der Waals surface area (Å²) in [7, 11) is 0. The third-order valence-corrected chi connectivity index (χ3v) is 13.3. The van der Waals surface area contributed by atoms with Crippen LogP contribution in [0.2, 0.25) is 0 Å². The molecule has 11 aromatic rings. The first-order valence-electron chi connectivity index (χ1n) is 22.9. The molecule has 0 N–H and O–H groups in total. The Bertz CT molecular complexity index is 3480. The van der Waals surface area contributed by atoms with Gasteiger partial charge in [0.05, 0.1) is 11.1 Å². The number of para-hydroxylation sites is 6. The molecular weight excluding hydrogens is 817 g/mol. The van der Waals surface area contributed by atoms with Gasteiger partial charge in [-0.3, -0.25) is 0 Å². The van der Waals surface area contributed by atoms with Crippen molar-refractivity contribution in [3.8, 4) is 22.6 Å². The van der Waals surface area contributed by atoms with Crippen molar-refractivity contribution in [1.82, 2.24) is 0 Å². The summed E-state index contributed by atoms with van der Waals surface area (Å²) in [5, 5.41) is 2.17. The molecule has 0 aliphatic heterocycles. The zero-order chi connectivity index (χ0) is 44.9. The summed E-state index contributed by atoms with van der Waals surface area (Å²) in [4.78, 5) is 4.73. The lowest BCUT2D eigenvalue weighted by Gasteiger charge is -2.37. The molecule has 4 heteroatoms. The highest BCUT2D eigenvalue weighted by Crippen LogP contribution is 2.62. The SMILES string of the molecule is Cc1ccc(C)c(C2(c3ccc(Oc4ccccc4)cc3)c3cc(N(c4ccccc4)c4ccccc4)ccc3-c3c2cc(N(c2ccccc2)c2ccccc2)c2oc4ccccc4c32)c1. The molecule has 67 heavy (non-hydrogen) atoms. The van der Waals surface area contributed by atoms with Crippen LogP contribution >= 0.6 is 0 Å². The molecule has 10 aromatic carbocycles. The van der Waals surface area contributed by atoms with Gasteiger partial charge in [-0.1, -0.05) is 151 Å². The van der Waals surface area contributed by atoms with Gasteiger partial charge >= 0.3 is 0 Å². The van der Waals surface area contributed by atoms with Crippen molar-refractivity contribution in [3.05, 3.63) is 276 Å². The maximum Gasteiger partial charge on any atom is 0.160 e. The monoisotopic (exact) mass is 862 g/mol. The first kappa shape index (κ1) is 40.0. The van der Waals surface area contributed by atoms with E-state index < -0.39 is 5.41 Å². The van der Waals surface area contributed by atoms with Gasteiger partial charge < -0.3 is 19.0 Å². The first-order chi connectivity index (χ1) is 33.1. The zero-order valence-corrected chi connectivity index (χ0v) is 37.3. The highest BCUT2D eigenvalue weighted by molar-refractivity contribution is 6.20. The summed E-state index contributed by atoms with van der Waals surface area (Å²) in [6, 6.07) is 86.5. The second-order valence-corrected chi connectivity index (χ2v) is 17.4. The molecule has 1 aromatic heterocycles. The fourth-order valence-corrected chi connectivity index (χ4v) is 10.4. The van der Waals surface area contributed by atoms with Crippen molar-refractivity contribution in [2.75, 3.05) is 9.80 Å². The van der Waals surface area contributed by atoms with Gasteiger partial charge in [-0.15, -0.1) is 0 Å². The highest BCUT2D eigenvalue weighted by atomic mass is 16.5. The maximum atomic E-state index is 7.15. The van der Waals surface area contributed by atoms with Crippen LogP contribution in [-0.4, -0.2) is 0 Å². The number of anilines is 6.